The molecular weight excluding hydrogens is 206 g/mol. The molecule has 0 saturated carbocycles. The Bertz CT molecular complexity index is 255. The zero-order chi connectivity index (χ0) is 10.3. The SMILES string of the molecule is c1nc(CCNCC2CCCCN2)cs1. The third-order valence-corrected chi connectivity index (χ3v) is 3.48. The Kier molecular flexibility index (Phi) is 4.57. The van der Waals surface area contributed by atoms with Crippen molar-refractivity contribution in [1.29, 1.82) is 0 Å². The minimum atomic E-state index is 0.689. The minimum absolute atomic E-state index is 0.689. The molecule has 0 bridgehead atoms. The van der Waals surface area contributed by atoms with Crippen LogP contribution in [0, 0.1) is 0 Å². The van der Waals surface area contributed by atoms with Gasteiger partial charge < -0.3 is 10.6 Å². The Morgan fingerprint density at radius 2 is 2.53 bits per heavy atom. The molecule has 0 aliphatic carbocycles. The standard InChI is InChI=1S/C11H19N3S/c1-2-5-13-10(3-1)7-12-6-4-11-8-15-9-14-11/h8-10,12-13H,1-7H2. The van der Waals surface area contributed by atoms with Crippen molar-refractivity contribution in [1.82, 2.24) is 15.6 Å². The number of hydrogen-bond donors (Lipinski definition) is 2. The van der Waals surface area contributed by atoms with E-state index >= 15 is 0 Å². The van der Waals surface area contributed by atoms with Crippen molar-refractivity contribution in [3.05, 3.63) is 16.6 Å². The van der Waals surface area contributed by atoms with E-state index in [1.807, 2.05) is 5.51 Å². The Balaban J connectivity index is 1.54. The van der Waals surface area contributed by atoms with Gasteiger partial charge in [0, 0.05) is 30.9 Å². The normalized spacial score (nSPS) is 21.7. The number of piperidine rings is 1. The highest BCUT2D eigenvalue weighted by molar-refractivity contribution is 7.07. The van der Waals surface area contributed by atoms with E-state index in [1.165, 1.54) is 31.5 Å². The predicted octanol–water partition coefficient (Wildman–Crippen LogP) is 1.42. The zero-order valence-electron chi connectivity index (χ0n) is 9.04. The highest BCUT2D eigenvalue weighted by Gasteiger charge is 2.11. The van der Waals surface area contributed by atoms with Crippen molar-refractivity contribution in [3.63, 3.8) is 0 Å². The minimum Gasteiger partial charge on any atom is -0.315 e. The number of aromatic nitrogens is 1. The maximum absolute atomic E-state index is 4.26. The molecule has 0 spiro atoms. The lowest BCUT2D eigenvalue weighted by Gasteiger charge is -2.23. The van der Waals surface area contributed by atoms with Gasteiger partial charge in [0.05, 0.1) is 11.2 Å². The summed E-state index contributed by atoms with van der Waals surface area (Å²) in [4.78, 5) is 4.26. The topological polar surface area (TPSA) is 37.0 Å². The van der Waals surface area contributed by atoms with E-state index in [1.54, 1.807) is 11.3 Å². The van der Waals surface area contributed by atoms with E-state index in [9.17, 15) is 0 Å². The van der Waals surface area contributed by atoms with Crippen LogP contribution in [0.2, 0.25) is 0 Å². The van der Waals surface area contributed by atoms with Gasteiger partial charge in [0.15, 0.2) is 0 Å². The largest absolute Gasteiger partial charge is 0.315 e. The summed E-state index contributed by atoms with van der Waals surface area (Å²) in [5, 5.41) is 9.16. The van der Waals surface area contributed by atoms with Crippen LogP contribution >= 0.6 is 11.3 Å². The van der Waals surface area contributed by atoms with Gasteiger partial charge in [-0.2, -0.15) is 0 Å². The quantitative estimate of drug-likeness (QED) is 0.744. The molecule has 1 aromatic rings. The van der Waals surface area contributed by atoms with Gasteiger partial charge in [0.1, 0.15) is 0 Å². The van der Waals surface area contributed by atoms with Crippen molar-refractivity contribution in [3.8, 4) is 0 Å². The molecule has 0 amide bonds. The molecule has 2 rings (SSSR count). The van der Waals surface area contributed by atoms with Crippen LogP contribution in [0.3, 0.4) is 0 Å². The monoisotopic (exact) mass is 225 g/mol. The second-order valence-electron chi connectivity index (χ2n) is 4.08. The summed E-state index contributed by atoms with van der Waals surface area (Å²) in [6.07, 6.45) is 5.10. The van der Waals surface area contributed by atoms with Crippen LogP contribution in [0.25, 0.3) is 0 Å². The Morgan fingerprint density at radius 3 is 3.27 bits per heavy atom. The van der Waals surface area contributed by atoms with Crippen LogP contribution < -0.4 is 10.6 Å². The van der Waals surface area contributed by atoms with Gasteiger partial charge in [-0.15, -0.1) is 11.3 Å². The van der Waals surface area contributed by atoms with Crippen molar-refractivity contribution in [2.75, 3.05) is 19.6 Å². The Hall–Kier alpha value is -0.450. The molecule has 1 aromatic heterocycles. The van der Waals surface area contributed by atoms with Gasteiger partial charge in [-0.3, -0.25) is 0 Å². The van der Waals surface area contributed by atoms with Gasteiger partial charge in [-0.05, 0) is 19.4 Å². The molecule has 3 nitrogen and oxygen atoms in total. The molecule has 0 aromatic carbocycles. The molecule has 2 N–H and O–H groups in total. The van der Waals surface area contributed by atoms with Crippen LogP contribution in [0.1, 0.15) is 25.0 Å². The summed E-state index contributed by atoms with van der Waals surface area (Å²) in [5.41, 5.74) is 3.11. The van der Waals surface area contributed by atoms with Crippen LogP contribution in [0.4, 0.5) is 0 Å². The number of rotatable bonds is 5. The van der Waals surface area contributed by atoms with Gasteiger partial charge in [-0.25, -0.2) is 4.98 Å². The summed E-state index contributed by atoms with van der Waals surface area (Å²) in [5.74, 6) is 0. The molecule has 84 valence electrons. The summed E-state index contributed by atoms with van der Waals surface area (Å²) in [7, 11) is 0. The van der Waals surface area contributed by atoms with Crippen molar-refractivity contribution in [2.45, 2.75) is 31.7 Å². The molecule has 15 heavy (non-hydrogen) atoms. The first-order chi connectivity index (χ1) is 7.45. The van der Waals surface area contributed by atoms with Crippen LogP contribution in [-0.2, 0) is 6.42 Å². The molecule has 4 heteroatoms. The van der Waals surface area contributed by atoms with Gasteiger partial charge in [0.25, 0.3) is 0 Å². The summed E-state index contributed by atoms with van der Waals surface area (Å²) in [6, 6.07) is 0.689. The molecule has 1 aliphatic rings. The van der Waals surface area contributed by atoms with Gasteiger partial charge in [-0.1, -0.05) is 6.42 Å². The second kappa shape index (κ2) is 6.20. The zero-order valence-corrected chi connectivity index (χ0v) is 9.85. The second-order valence-corrected chi connectivity index (χ2v) is 4.80. The fourth-order valence-corrected chi connectivity index (χ4v) is 2.54. The molecule has 0 radical (unpaired) electrons. The predicted molar refractivity (Wildman–Crippen MR) is 64.3 cm³/mol. The molecule has 1 aliphatic heterocycles. The van der Waals surface area contributed by atoms with E-state index in [4.69, 9.17) is 0 Å². The van der Waals surface area contributed by atoms with E-state index < -0.39 is 0 Å². The van der Waals surface area contributed by atoms with Crippen LogP contribution in [0.15, 0.2) is 10.9 Å². The third kappa shape index (κ3) is 3.89. The van der Waals surface area contributed by atoms with Crippen molar-refractivity contribution in [2.24, 2.45) is 0 Å². The van der Waals surface area contributed by atoms with Gasteiger partial charge in [0.2, 0.25) is 0 Å². The summed E-state index contributed by atoms with van der Waals surface area (Å²) < 4.78 is 0. The lowest BCUT2D eigenvalue weighted by atomic mass is 10.1. The first-order valence-corrected chi connectivity index (χ1v) is 6.70. The van der Waals surface area contributed by atoms with Crippen LogP contribution in [0.5, 0.6) is 0 Å². The van der Waals surface area contributed by atoms with Gasteiger partial charge >= 0.3 is 0 Å². The maximum Gasteiger partial charge on any atom is 0.0794 e. The molecule has 1 fully saturated rings. The summed E-state index contributed by atoms with van der Waals surface area (Å²) >= 11 is 1.67. The first kappa shape index (κ1) is 11.0. The Labute approximate surface area is 95.3 Å². The number of thiazole rings is 1. The average Bonchev–Trinajstić information content (AvgIpc) is 2.79. The first-order valence-electron chi connectivity index (χ1n) is 5.76. The van der Waals surface area contributed by atoms with Crippen molar-refractivity contribution < 1.29 is 0 Å². The number of hydrogen-bond acceptors (Lipinski definition) is 4. The fourth-order valence-electron chi connectivity index (χ4n) is 1.95. The molecule has 1 unspecified atom stereocenters. The number of nitrogens with zero attached hydrogens (tertiary/aromatic N) is 1. The Morgan fingerprint density at radius 1 is 1.53 bits per heavy atom. The smallest absolute Gasteiger partial charge is 0.0794 e. The third-order valence-electron chi connectivity index (χ3n) is 2.84. The van der Waals surface area contributed by atoms with E-state index in [0.29, 0.717) is 6.04 Å². The molecule has 1 atom stereocenters. The lowest BCUT2D eigenvalue weighted by molar-refractivity contribution is 0.384. The summed E-state index contributed by atoms with van der Waals surface area (Å²) in [6.45, 7) is 3.34. The number of nitrogens with one attached hydrogen (secondary N) is 2. The fraction of sp³-hybridized carbons (Fsp3) is 0.727. The molecule has 2 heterocycles. The van der Waals surface area contributed by atoms with Crippen LogP contribution in [-0.4, -0.2) is 30.7 Å². The highest BCUT2D eigenvalue weighted by Crippen LogP contribution is 2.05. The molecule has 1 saturated heterocycles. The average molecular weight is 225 g/mol. The van der Waals surface area contributed by atoms with E-state index in [2.05, 4.69) is 21.0 Å². The molecular formula is C11H19N3S. The van der Waals surface area contributed by atoms with E-state index in [-0.39, 0.29) is 0 Å². The van der Waals surface area contributed by atoms with Crippen molar-refractivity contribution >= 4 is 11.3 Å². The lowest BCUT2D eigenvalue weighted by Crippen LogP contribution is -2.42. The van der Waals surface area contributed by atoms with E-state index in [0.717, 1.165) is 19.5 Å². The maximum atomic E-state index is 4.26. The highest BCUT2D eigenvalue weighted by atomic mass is 32.1.